The predicted molar refractivity (Wildman–Crippen MR) is 121 cm³/mol. The van der Waals surface area contributed by atoms with Gasteiger partial charge in [0.15, 0.2) is 0 Å². The van der Waals surface area contributed by atoms with Crippen molar-refractivity contribution in [2.75, 3.05) is 14.2 Å². The van der Waals surface area contributed by atoms with Crippen LogP contribution in [-0.4, -0.2) is 53.5 Å². The molecule has 32 heavy (non-hydrogen) atoms. The van der Waals surface area contributed by atoms with Crippen LogP contribution in [-0.2, 0) is 27.4 Å². The molecular weight excluding hydrogens is 412 g/mol. The summed E-state index contributed by atoms with van der Waals surface area (Å²) in [5, 5.41) is 29.7. The minimum atomic E-state index is -0.776. The van der Waals surface area contributed by atoms with Gasteiger partial charge in [0.05, 0.1) is 25.9 Å². The topological polar surface area (TPSA) is 113 Å². The summed E-state index contributed by atoms with van der Waals surface area (Å²) in [6, 6.07) is 5.81. The fraction of sp³-hybridized carbons (Fsp3) is 0.680. The van der Waals surface area contributed by atoms with Gasteiger partial charge in [-0.3, -0.25) is 9.59 Å². The number of aliphatic hydroxyl groups is 2. The van der Waals surface area contributed by atoms with Crippen LogP contribution in [0.25, 0.3) is 0 Å². The molecule has 4 atom stereocenters. The second-order valence-corrected chi connectivity index (χ2v) is 8.91. The lowest BCUT2D eigenvalue weighted by Gasteiger charge is -2.22. The van der Waals surface area contributed by atoms with Crippen molar-refractivity contribution in [2.45, 2.75) is 83.0 Å². The van der Waals surface area contributed by atoms with Crippen molar-refractivity contribution in [1.82, 2.24) is 0 Å². The molecule has 7 nitrogen and oxygen atoms in total. The van der Waals surface area contributed by atoms with Gasteiger partial charge in [0.2, 0.25) is 0 Å². The lowest BCUT2D eigenvalue weighted by Crippen LogP contribution is -2.23. The maximum Gasteiger partial charge on any atom is 0.303 e. The SMILES string of the molecule is COCc1cc(C[C@@H](O)CC[C@@H]2[C@H](O)CC(=O)[C@@H]2CCCCCCC(=O)O)cc(OC)c1. The average Bonchev–Trinajstić information content (AvgIpc) is 3.01. The molecule has 1 fully saturated rings. The normalized spacial score (nSPS) is 21.6. The summed E-state index contributed by atoms with van der Waals surface area (Å²) in [7, 11) is 3.24. The number of ketones is 1. The van der Waals surface area contributed by atoms with Crippen molar-refractivity contribution in [3.05, 3.63) is 29.3 Å². The molecule has 1 aliphatic carbocycles. The smallest absolute Gasteiger partial charge is 0.303 e. The van der Waals surface area contributed by atoms with Crippen LogP contribution in [0.4, 0.5) is 0 Å². The van der Waals surface area contributed by atoms with Gasteiger partial charge in [-0.2, -0.15) is 0 Å². The van der Waals surface area contributed by atoms with Crippen LogP contribution in [0.1, 0.15) is 68.9 Å². The number of unbranched alkanes of at least 4 members (excludes halogenated alkanes) is 3. The predicted octanol–water partition coefficient (Wildman–Crippen LogP) is 3.52. The zero-order valence-corrected chi connectivity index (χ0v) is 19.3. The summed E-state index contributed by atoms with van der Waals surface area (Å²) < 4.78 is 10.5. The molecule has 0 radical (unpaired) electrons. The van der Waals surface area contributed by atoms with E-state index in [1.807, 2.05) is 18.2 Å². The van der Waals surface area contributed by atoms with Crippen molar-refractivity contribution in [3.63, 3.8) is 0 Å². The molecule has 3 N–H and O–H groups in total. The van der Waals surface area contributed by atoms with E-state index in [-0.39, 0.29) is 30.5 Å². The third-order valence-corrected chi connectivity index (χ3v) is 6.37. The third-order valence-electron chi connectivity index (χ3n) is 6.37. The van der Waals surface area contributed by atoms with Crippen LogP contribution in [0.5, 0.6) is 5.75 Å². The number of ether oxygens (including phenoxy) is 2. The van der Waals surface area contributed by atoms with Crippen molar-refractivity contribution in [1.29, 1.82) is 0 Å². The van der Waals surface area contributed by atoms with Crippen LogP contribution < -0.4 is 4.74 Å². The number of carboxylic acids is 1. The van der Waals surface area contributed by atoms with Crippen LogP contribution in [0, 0.1) is 11.8 Å². The Morgan fingerprint density at radius 3 is 2.50 bits per heavy atom. The number of carbonyl (C=O) groups is 2. The standard InChI is InChI=1S/C25H38O7/c1-31-16-18-11-17(13-20(14-18)32-2)12-19(26)9-10-22-21(23(27)15-24(22)28)7-5-3-4-6-8-25(29)30/h11,13-14,19,21-22,24,26,28H,3-10,12,15-16H2,1-2H3,(H,29,30)/t19-,21+,22-,24+/m0/s1. The largest absolute Gasteiger partial charge is 0.497 e. The number of methoxy groups -OCH3 is 2. The Balaban J connectivity index is 1.84. The van der Waals surface area contributed by atoms with E-state index in [1.54, 1.807) is 14.2 Å². The molecule has 0 amide bonds. The third kappa shape index (κ3) is 8.52. The summed E-state index contributed by atoms with van der Waals surface area (Å²) in [5.74, 6) is -0.226. The fourth-order valence-corrected chi connectivity index (χ4v) is 4.75. The first-order valence-electron chi connectivity index (χ1n) is 11.6. The highest BCUT2D eigenvalue weighted by Crippen LogP contribution is 2.36. The van der Waals surface area contributed by atoms with E-state index in [2.05, 4.69) is 0 Å². The van der Waals surface area contributed by atoms with Gasteiger partial charge in [-0.25, -0.2) is 0 Å². The van der Waals surface area contributed by atoms with E-state index in [0.29, 0.717) is 32.3 Å². The van der Waals surface area contributed by atoms with Gasteiger partial charge in [-0.05, 0) is 61.3 Å². The molecule has 0 heterocycles. The average molecular weight is 451 g/mol. The van der Waals surface area contributed by atoms with Gasteiger partial charge in [-0.1, -0.05) is 25.3 Å². The van der Waals surface area contributed by atoms with Crippen molar-refractivity contribution in [3.8, 4) is 5.75 Å². The number of rotatable bonds is 15. The van der Waals surface area contributed by atoms with E-state index < -0.39 is 18.2 Å². The number of aliphatic hydroxyl groups excluding tert-OH is 2. The Kier molecular flexibility index (Phi) is 11.1. The van der Waals surface area contributed by atoms with E-state index in [1.165, 1.54) is 0 Å². The number of benzene rings is 1. The van der Waals surface area contributed by atoms with Gasteiger partial charge in [0, 0.05) is 25.9 Å². The van der Waals surface area contributed by atoms with Crippen LogP contribution in [0.2, 0.25) is 0 Å². The lowest BCUT2D eigenvalue weighted by molar-refractivity contribution is -0.137. The zero-order valence-electron chi connectivity index (χ0n) is 19.3. The van der Waals surface area contributed by atoms with E-state index in [4.69, 9.17) is 14.6 Å². The van der Waals surface area contributed by atoms with Crippen LogP contribution in [0.3, 0.4) is 0 Å². The number of Topliss-reactive ketones (excluding diaryl/α,β-unsaturated/α-hetero) is 1. The van der Waals surface area contributed by atoms with E-state index in [0.717, 1.165) is 42.6 Å². The minimum Gasteiger partial charge on any atom is -0.497 e. The van der Waals surface area contributed by atoms with Crippen molar-refractivity contribution >= 4 is 11.8 Å². The fourth-order valence-electron chi connectivity index (χ4n) is 4.75. The molecule has 0 unspecified atom stereocenters. The first-order valence-corrected chi connectivity index (χ1v) is 11.6. The number of carbonyl (C=O) groups excluding carboxylic acids is 1. The molecular formula is C25H38O7. The Labute approximate surface area is 190 Å². The van der Waals surface area contributed by atoms with Crippen LogP contribution in [0.15, 0.2) is 18.2 Å². The first kappa shape index (κ1) is 26.3. The Morgan fingerprint density at radius 2 is 1.81 bits per heavy atom. The maximum absolute atomic E-state index is 12.4. The number of aliphatic carboxylic acids is 1. The second kappa shape index (κ2) is 13.6. The minimum absolute atomic E-state index is 0.111. The molecule has 0 saturated heterocycles. The molecule has 1 aromatic rings. The molecule has 180 valence electrons. The van der Waals surface area contributed by atoms with Gasteiger partial charge in [0.1, 0.15) is 11.5 Å². The summed E-state index contributed by atoms with van der Waals surface area (Å²) in [6.45, 7) is 0.467. The molecule has 7 heteroatoms. The molecule has 0 aromatic heterocycles. The van der Waals surface area contributed by atoms with Crippen molar-refractivity contribution in [2.24, 2.45) is 11.8 Å². The number of hydrogen-bond donors (Lipinski definition) is 3. The highest BCUT2D eigenvalue weighted by Gasteiger charge is 2.40. The molecule has 1 saturated carbocycles. The molecule has 2 rings (SSSR count). The Bertz CT molecular complexity index is 733. The van der Waals surface area contributed by atoms with Gasteiger partial charge < -0.3 is 24.8 Å². The zero-order chi connectivity index (χ0) is 23.5. The highest BCUT2D eigenvalue weighted by atomic mass is 16.5. The number of carboxylic acid groups (broad SMARTS) is 1. The molecule has 0 aliphatic heterocycles. The number of hydrogen-bond acceptors (Lipinski definition) is 6. The molecule has 1 aromatic carbocycles. The second-order valence-electron chi connectivity index (χ2n) is 8.91. The summed E-state index contributed by atoms with van der Waals surface area (Å²) in [4.78, 5) is 23.0. The summed E-state index contributed by atoms with van der Waals surface area (Å²) >= 11 is 0. The van der Waals surface area contributed by atoms with Gasteiger partial charge >= 0.3 is 5.97 Å². The van der Waals surface area contributed by atoms with Crippen molar-refractivity contribution < 1.29 is 34.4 Å². The van der Waals surface area contributed by atoms with E-state index >= 15 is 0 Å². The summed E-state index contributed by atoms with van der Waals surface area (Å²) in [6.07, 6.45) is 4.71. The summed E-state index contributed by atoms with van der Waals surface area (Å²) in [5.41, 5.74) is 1.94. The van der Waals surface area contributed by atoms with E-state index in [9.17, 15) is 19.8 Å². The molecule has 0 spiro atoms. The monoisotopic (exact) mass is 450 g/mol. The molecule has 0 bridgehead atoms. The quantitative estimate of drug-likeness (QED) is 0.350. The highest BCUT2D eigenvalue weighted by molar-refractivity contribution is 5.84. The molecule has 1 aliphatic rings. The lowest BCUT2D eigenvalue weighted by atomic mass is 9.85. The Morgan fingerprint density at radius 1 is 1.09 bits per heavy atom. The van der Waals surface area contributed by atoms with Gasteiger partial charge in [-0.15, -0.1) is 0 Å². The maximum atomic E-state index is 12.4. The first-order chi connectivity index (χ1) is 15.3. The van der Waals surface area contributed by atoms with Crippen LogP contribution >= 0.6 is 0 Å². The Hall–Kier alpha value is -1.96. The van der Waals surface area contributed by atoms with Gasteiger partial charge in [0.25, 0.3) is 0 Å².